The molecule has 42 heavy (non-hydrogen) atoms. The molecule has 0 radical (unpaired) electrons. The molecule has 208 valence electrons. The molecule has 0 saturated heterocycles. The maximum atomic E-state index is 10.7. The number of hydrogen-bond donors (Lipinski definition) is 0. The lowest BCUT2D eigenvalue weighted by molar-refractivity contribution is 0.487. The highest BCUT2D eigenvalue weighted by Gasteiger charge is 2.47. The fourth-order valence-corrected chi connectivity index (χ4v) is 6.46. The van der Waals surface area contributed by atoms with Crippen molar-refractivity contribution in [1.29, 1.82) is 10.5 Å². The van der Waals surface area contributed by atoms with Crippen molar-refractivity contribution in [3.63, 3.8) is 0 Å². The van der Waals surface area contributed by atoms with Crippen LogP contribution in [0, 0.1) is 22.7 Å². The molecule has 0 N–H and O–H groups in total. The van der Waals surface area contributed by atoms with Gasteiger partial charge in [-0.2, -0.15) is 10.5 Å². The fourth-order valence-electron chi connectivity index (χ4n) is 6.46. The number of nitrogens with zero attached hydrogens (tertiary/aromatic N) is 3. The van der Waals surface area contributed by atoms with Gasteiger partial charge in [-0.25, -0.2) is 0 Å². The van der Waals surface area contributed by atoms with Gasteiger partial charge < -0.3 is 9.55 Å². The predicted molar refractivity (Wildman–Crippen MR) is 172 cm³/mol. The van der Waals surface area contributed by atoms with Gasteiger partial charge in [-0.05, 0) is 68.3 Å². The number of ether oxygens (including phenoxy) is 1. The van der Waals surface area contributed by atoms with Crippen molar-refractivity contribution in [2.75, 3.05) is 4.81 Å². The van der Waals surface area contributed by atoms with Gasteiger partial charge in [-0.3, -0.25) is 0 Å². The zero-order valence-electron chi connectivity index (χ0n) is 25.8. The number of hydrogen-bond acceptors (Lipinski definition) is 4. The highest BCUT2D eigenvalue weighted by atomic mass is 16.5. The van der Waals surface area contributed by atoms with E-state index in [2.05, 4.69) is 96.6 Å². The first-order valence-electron chi connectivity index (χ1n) is 14.6. The van der Waals surface area contributed by atoms with E-state index in [-0.39, 0.29) is 17.7 Å². The highest BCUT2D eigenvalue weighted by Crippen LogP contribution is 2.54. The van der Waals surface area contributed by atoms with Crippen molar-refractivity contribution < 1.29 is 4.74 Å². The van der Waals surface area contributed by atoms with Crippen molar-refractivity contribution in [1.82, 2.24) is 0 Å². The second-order valence-electron chi connectivity index (χ2n) is 14.1. The van der Waals surface area contributed by atoms with Crippen LogP contribution in [0.2, 0.25) is 0 Å². The number of anilines is 2. The molecule has 0 bridgehead atoms. The molecule has 0 unspecified atom stereocenters. The third-order valence-corrected chi connectivity index (χ3v) is 8.93. The minimum atomic E-state index is -0.467. The van der Waals surface area contributed by atoms with E-state index in [4.69, 9.17) is 4.74 Å². The lowest BCUT2D eigenvalue weighted by Gasteiger charge is -2.47. The van der Waals surface area contributed by atoms with Gasteiger partial charge in [-0.15, -0.1) is 0 Å². The lowest BCUT2D eigenvalue weighted by atomic mass is 9.46. The van der Waals surface area contributed by atoms with Gasteiger partial charge in [0.05, 0.1) is 22.5 Å². The normalized spacial score (nSPS) is 14.9. The Labute approximate surface area is 250 Å². The maximum Gasteiger partial charge on any atom is 0.335 e. The molecule has 5 heteroatoms. The average Bonchev–Trinajstić information content (AvgIpc) is 2.94. The van der Waals surface area contributed by atoms with Crippen LogP contribution >= 0.6 is 0 Å². The van der Waals surface area contributed by atoms with Gasteiger partial charge in [0.1, 0.15) is 23.6 Å². The smallest absolute Gasteiger partial charge is 0.335 e. The van der Waals surface area contributed by atoms with Gasteiger partial charge >= 0.3 is 6.85 Å². The molecule has 0 atom stereocenters. The largest absolute Gasteiger partial charge is 0.458 e. The molecule has 0 aliphatic carbocycles. The Balaban J connectivity index is 1.80. The van der Waals surface area contributed by atoms with Crippen LogP contribution in [0.5, 0.6) is 11.5 Å². The molecule has 6 rings (SSSR count). The second-order valence-corrected chi connectivity index (χ2v) is 14.1. The lowest BCUT2D eigenvalue weighted by Crippen LogP contribution is -2.59. The number of fused-ring (bicyclic) bond motifs is 4. The van der Waals surface area contributed by atoms with E-state index < -0.39 is 5.41 Å². The molecule has 0 fully saturated rings. The summed E-state index contributed by atoms with van der Waals surface area (Å²) in [6.07, 6.45) is 0. The SMILES string of the molecule is CC(C)(C)c1cc(C#N)c2c(c1)C(C)(C)c1cc(C(C)(C)C)cc(C#N)c1N2B1c2ccccc2Oc2ccccc21. The first-order chi connectivity index (χ1) is 19.8. The molecule has 0 spiro atoms. The van der Waals surface area contributed by atoms with Crippen LogP contribution in [-0.2, 0) is 16.2 Å². The van der Waals surface area contributed by atoms with Gasteiger partial charge in [0.2, 0.25) is 0 Å². The van der Waals surface area contributed by atoms with Gasteiger partial charge in [0.15, 0.2) is 0 Å². The van der Waals surface area contributed by atoms with Crippen molar-refractivity contribution in [2.45, 2.75) is 71.6 Å². The Morgan fingerprint density at radius 3 is 1.45 bits per heavy atom. The molecular formula is C37H36BN3O. The Kier molecular flexibility index (Phi) is 6.11. The summed E-state index contributed by atoms with van der Waals surface area (Å²) in [7, 11) is 0. The van der Waals surface area contributed by atoms with E-state index in [1.54, 1.807) is 0 Å². The summed E-state index contributed by atoms with van der Waals surface area (Å²) in [4.78, 5) is 2.27. The fraction of sp³-hybridized carbons (Fsp3) is 0.297. The second kappa shape index (κ2) is 9.27. The predicted octanol–water partition coefficient (Wildman–Crippen LogP) is 7.71. The van der Waals surface area contributed by atoms with Crippen LogP contribution in [0.25, 0.3) is 0 Å². The quantitative estimate of drug-likeness (QED) is 0.228. The Hall–Kier alpha value is -4.48. The van der Waals surface area contributed by atoms with E-state index in [1.165, 1.54) is 0 Å². The first kappa shape index (κ1) is 27.7. The number of nitriles is 2. The molecule has 2 aliphatic heterocycles. The van der Waals surface area contributed by atoms with Crippen LogP contribution in [0.1, 0.15) is 88.8 Å². The zero-order valence-corrected chi connectivity index (χ0v) is 25.8. The van der Waals surface area contributed by atoms with Crippen LogP contribution in [0.15, 0.2) is 72.8 Å². The Morgan fingerprint density at radius 1 is 0.667 bits per heavy atom. The summed E-state index contributed by atoms with van der Waals surface area (Å²) in [5.74, 6) is 1.56. The summed E-state index contributed by atoms with van der Waals surface area (Å²) < 4.78 is 6.40. The maximum absolute atomic E-state index is 10.7. The summed E-state index contributed by atoms with van der Waals surface area (Å²) in [6, 6.07) is 30.0. The Morgan fingerprint density at radius 2 is 1.07 bits per heavy atom. The zero-order chi connectivity index (χ0) is 30.2. The summed E-state index contributed by atoms with van der Waals surface area (Å²) in [5, 5.41) is 21.4. The van der Waals surface area contributed by atoms with E-state index in [9.17, 15) is 10.5 Å². The van der Waals surface area contributed by atoms with Gasteiger partial charge in [0.25, 0.3) is 0 Å². The summed E-state index contributed by atoms with van der Waals surface area (Å²) >= 11 is 0. The molecule has 2 heterocycles. The van der Waals surface area contributed by atoms with Crippen molar-refractivity contribution >= 4 is 29.1 Å². The standard InChI is InChI=1S/C37H36BN3O/c1-35(2,3)25-17-23(21-39)33-27(19-25)37(7,8)28-20-26(36(4,5)6)18-24(22-40)34(28)41(33)38-29-13-9-11-15-31(29)42-32-16-12-10-14-30(32)38/h9-20H,1-8H3. The third kappa shape index (κ3) is 4.11. The number of rotatable bonds is 1. The monoisotopic (exact) mass is 549 g/mol. The van der Waals surface area contributed by atoms with Gasteiger partial charge in [0, 0.05) is 5.41 Å². The third-order valence-electron chi connectivity index (χ3n) is 8.93. The molecular weight excluding hydrogens is 513 g/mol. The minimum absolute atomic E-state index is 0.148. The molecule has 4 aromatic carbocycles. The summed E-state index contributed by atoms with van der Waals surface area (Å²) in [6.45, 7) is 17.3. The average molecular weight is 550 g/mol. The highest BCUT2D eigenvalue weighted by molar-refractivity contribution is 6.90. The van der Waals surface area contributed by atoms with Crippen molar-refractivity contribution in [3.05, 3.63) is 106 Å². The van der Waals surface area contributed by atoms with Crippen LogP contribution < -0.4 is 20.5 Å². The topological polar surface area (TPSA) is 60.0 Å². The van der Waals surface area contributed by atoms with Gasteiger partial charge in [-0.1, -0.05) is 104 Å². The molecule has 0 saturated carbocycles. The van der Waals surface area contributed by atoms with E-state index in [0.717, 1.165) is 56.1 Å². The molecule has 0 amide bonds. The van der Waals surface area contributed by atoms with E-state index in [1.807, 2.05) is 48.5 Å². The first-order valence-corrected chi connectivity index (χ1v) is 14.6. The van der Waals surface area contributed by atoms with Crippen molar-refractivity contribution in [2.24, 2.45) is 0 Å². The molecule has 4 aromatic rings. The van der Waals surface area contributed by atoms with Crippen LogP contribution in [-0.4, -0.2) is 6.85 Å². The van der Waals surface area contributed by atoms with E-state index >= 15 is 0 Å². The van der Waals surface area contributed by atoms with Crippen LogP contribution in [0.3, 0.4) is 0 Å². The van der Waals surface area contributed by atoms with Crippen LogP contribution in [0.4, 0.5) is 11.4 Å². The minimum Gasteiger partial charge on any atom is -0.458 e. The molecule has 4 nitrogen and oxygen atoms in total. The number of para-hydroxylation sites is 2. The van der Waals surface area contributed by atoms with Crippen molar-refractivity contribution in [3.8, 4) is 23.6 Å². The van der Waals surface area contributed by atoms with E-state index in [0.29, 0.717) is 11.1 Å². The molecule has 0 aromatic heterocycles. The number of benzene rings is 4. The molecule has 2 aliphatic rings. The Bertz CT molecular complexity index is 1710. The summed E-state index contributed by atoms with van der Waals surface area (Å²) in [5.41, 5.74) is 8.61.